The van der Waals surface area contributed by atoms with Crippen LogP contribution in [-0.4, -0.2) is 67.1 Å². The molecule has 3 rings (SSSR count). The second-order valence-corrected chi connectivity index (χ2v) is 7.52. The summed E-state index contributed by atoms with van der Waals surface area (Å²) in [6, 6.07) is 13.0. The van der Waals surface area contributed by atoms with Crippen molar-refractivity contribution in [2.45, 2.75) is 26.1 Å². The van der Waals surface area contributed by atoms with Gasteiger partial charge in [-0.25, -0.2) is 0 Å². The van der Waals surface area contributed by atoms with Crippen molar-refractivity contribution in [2.75, 3.05) is 46.8 Å². The zero-order chi connectivity index (χ0) is 19.6. The van der Waals surface area contributed by atoms with Gasteiger partial charge < -0.3 is 20.1 Å². The minimum Gasteiger partial charge on any atom is -0.355 e. The average molecular weight is 510 g/mol. The fraction of sp³-hybridized carbons (Fsp3) is 0.500. The Bertz CT molecular complexity index is 713. The number of likely N-dealkylation sites (N-methyl/N-ethyl adjacent to an activating group) is 1. The Morgan fingerprint density at radius 3 is 2.41 bits per heavy atom. The van der Waals surface area contributed by atoms with E-state index in [2.05, 4.69) is 73.7 Å². The minimum absolute atomic E-state index is 0. The molecule has 29 heavy (non-hydrogen) atoms. The summed E-state index contributed by atoms with van der Waals surface area (Å²) in [6.07, 6.45) is 5.40. The molecule has 0 atom stereocenters. The van der Waals surface area contributed by atoms with Crippen LogP contribution in [0.3, 0.4) is 0 Å². The van der Waals surface area contributed by atoms with Crippen LogP contribution in [0.5, 0.6) is 0 Å². The molecule has 2 heterocycles. The first kappa shape index (κ1) is 23.7. The molecule has 0 amide bonds. The lowest BCUT2D eigenvalue weighted by Gasteiger charge is -2.20. The fourth-order valence-electron chi connectivity index (χ4n) is 3.51. The molecule has 0 unspecified atom stereocenters. The third kappa shape index (κ3) is 8.36. The lowest BCUT2D eigenvalue weighted by molar-refractivity contribution is 0.269. The number of nitrogens with zero attached hydrogens (tertiary/aromatic N) is 4. The van der Waals surface area contributed by atoms with Crippen molar-refractivity contribution < 1.29 is 0 Å². The summed E-state index contributed by atoms with van der Waals surface area (Å²) in [5.74, 6) is 0.838. The minimum atomic E-state index is 0. The SMILES string of the molecule is CN=C(NCCn1cccc1)NCc1ccc(CN2CCCN(C)CC2)cc1.I. The first-order chi connectivity index (χ1) is 13.7. The molecule has 2 N–H and O–H groups in total. The van der Waals surface area contributed by atoms with E-state index >= 15 is 0 Å². The van der Waals surface area contributed by atoms with Crippen molar-refractivity contribution in [3.63, 3.8) is 0 Å². The normalized spacial score (nSPS) is 16.1. The predicted molar refractivity (Wildman–Crippen MR) is 132 cm³/mol. The first-order valence-corrected chi connectivity index (χ1v) is 10.3. The summed E-state index contributed by atoms with van der Waals surface area (Å²) in [7, 11) is 4.03. The van der Waals surface area contributed by atoms with Gasteiger partial charge in [-0.2, -0.15) is 0 Å². The Morgan fingerprint density at radius 1 is 0.966 bits per heavy atom. The summed E-state index contributed by atoms with van der Waals surface area (Å²) in [5, 5.41) is 6.75. The first-order valence-electron chi connectivity index (χ1n) is 10.3. The van der Waals surface area contributed by atoms with Gasteiger partial charge in [-0.3, -0.25) is 9.89 Å². The van der Waals surface area contributed by atoms with Crippen LogP contribution < -0.4 is 10.6 Å². The van der Waals surface area contributed by atoms with Gasteiger partial charge in [0.05, 0.1) is 0 Å². The van der Waals surface area contributed by atoms with Crippen LogP contribution in [0.4, 0.5) is 0 Å². The highest BCUT2D eigenvalue weighted by Crippen LogP contribution is 2.10. The van der Waals surface area contributed by atoms with Crippen LogP contribution in [0.2, 0.25) is 0 Å². The van der Waals surface area contributed by atoms with E-state index in [-0.39, 0.29) is 24.0 Å². The molecule has 2 aromatic rings. The average Bonchev–Trinajstić information content (AvgIpc) is 3.15. The van der Waals surface area contributed by atoms with E-state index in [1.54, 1.807) is 0 Å². The quantitative estimate of drug-likeness (QED) is 0.342. The van der Waals surface area contributed by atoms with E-state index < -0.39 is 0 Å². The number of aliphatic imine (C=N–C) groups is 1. The molecule has 0 radical (unpaired) electrons. The van der Waals surface area contributed by atoms with Crippen molar-refractivity contribution in [2.24, 2.45) is 4.99 Å². The molecule has 1 fully saturated rings. The van der Waals surface area contributed by atoms with Crippen molar-refractivity contribution in [3.05, 3.63) is 59.9 Å². The standard InChI is InChI=1S/C22H34N6.HI/c1-23-22(24-10-15-27-12-3-4-13-27)25-18-20-6-8-21(9-7-20)19-28-14-5-11-26(2)16-17-28;/h3-4,6-9,12-13H,5,10-11,14-19H2,1-2H3,(H2,23,24,25);1H. The second-order valence-electron chi connectivity index (χ2n) is 7.52. The predicted octanol–water partition coefficient (Wildman–Crippen LogP) is 2.61. The zero-order valence-electron chi connectivity index (χ0n) is 17.7. The largest absolute Gasteiger partial charge is 0.355 e. The van der Waals surface area contributed by atoms with Gasteiger partial charge in [-0.05, 0) is 49.8 Å². The molecule has 6 nitrogen and oxygen atoms in total. The summed E-state index contributed by atoms with van der Waals surface area (Å²) in [4.78, 5) is 9.29. The van der Waals surface area contributed by atoms with E-state index in [9.17, 15) is 0 Å². The molecule has 160 valence electrons. The van der Waals surface area contributed by atoms with Gasteiger partial charge in [0.1, 0.15) is 0 Å². The second kappa shape index (κ2) is 12.9. The molecular formula is C22H35IN6. The Kier molecular flexibility index (Phi) is 10.5. The van der Waals surface area contributed by atoms with Crippen molar-refractivity contribution in [1.29, 1.82) is 0 Å². The van der Waals surface area contributed by atoms with E-state index in [0.29, 0.717) is 0 Å². The smallest absolute Gasteiger partial charge is 0.191 e. The Labute approximate surface area is 192 Å². The highest BCUT2D eigenvalue weighted by atomic mass is 127. The maximum absolute atomic E-state index is 4.31. The molecule has 1 saturated heterocycles. The van der Waals surface area contributed by atoms with E-state index in [0.717, 1.165) is 38.7 Å². The number of aromatic nitrogens is 1. The van der Waals surface area contributed by atoms with Crippen LogP contribution in [-0.2, 0) is 19.6 Å². The molecule has 0 saturated carbocycles. The van der Waals surface area contributed by atoms with Gasteiger partial charge in [-0.1, -0.05) is 24.3 Å². The van der Waals surface area contributed by atoms with E-state index in [1.165, 1.54) is 37.2 Å². The Balaban J connectivity index is 0.00000300. The molecule has 0 bridgehead atoms. The van der Waals surface area contributed by atoms with Gasteiger partial charge in [0.15, 0.2) is 5.96 Å². The highest BCUT2D eigenvalue weighted by molar-refractivity contribution is 14.0. The number of halogens is 1. The fourth-order valence-corrected chi connectivity index (χ4v) is 3.51. The molecular weight excluding hydrogens is 475 g/mol. The zero-order valence-corrected chi connectivity index (χ0v) is 20.0. The van der Waals surface area contributed by atoms with Crippen LogP contribution in [0.1, 0.15) is 17.5 Å². The van der Waals surface area contributed by atoms with Crippen LogP contribution in [0.15, 0.2) is 53.8 Å². The molecule has 1 aromatic carbocycles. The van der Waals surface area contributed by atoms with Gasteiger partial charge in [0, 0.05) is 58.7 Å². The molecule has 0 spiro atoms. The monoisotopic (exact) mass is 510 g/mol. The number of benzene rings is 1. The number of hydrogen-bond acceptors (Lipinski definition) is 3. The number of rotatable bonds is 7. The summed E-state index contributed by atoms with van der Waals surface area (Å²) >= 11 is 0. The summed E-state index contributed by atoms with van der Waals surface area (Å²) < 4.78 is 2.15. The Hall–Kier alpha value is -1.58. The lowest BCUT2D eigenvalue weighted by Crippen LogP contribution is -2.38. The van der Waals surface area contributed by atoms with Gasteiger partial charge in [-0.15, -0.1) is 24.0 Å². The molecule has 7 heteroatoms. The van der Waals surface area contributed by atoms with Crippen LogP contribution >= 0.6 is 24.0 Å². The summed E-state index contributed by atoms with van der Waals surface area (Å²) in [6.45, 7) is 8.32. The molecule has 0 aliphatic carbocycles. The molecule has 1 aliphatic heterocycles. The van der Waals surface area contributed by atoms with E-state index in [4.69, 9.17) is 0 Å². The Morgan fingerprint density at radius 2 is 1.69 bits per heavy atom. The molecule has 1 aromatic heterocycles. The topological polar surface area (TPSA) is 47.8 Å². The maximum Gasteiger partial charge on any atom is 0.191 e. The highest BCUT2D eigenvalue weighted by Gasteiger charge is 2.12. The van der Waals surface area contributed by atoms with Crippen molar-refractivity contribution in [3.8, 4) is 0 Å². The number of guanidine groups is 1. The number of nitrogens with one attached hydrogen (secondary N) is 2. The lowest BCUT2D eigenvalue weighted by atomic mass is 10.1. The summed E-state index contributed by atoms with van der Waals surface area (Å²) in [5.41, 5.74) is 2.66. The number of hydrogen-bond donors (Lipinski definition) is 2. The third-order valence-corrected chi connectivity index (χ3v) is 5.25. The van der Waals surface area contributed by atoms with Gasteiger partial charge in [0.2, 0.25) is 0 Å². The van der Waals surface area contributed by atoms with Gasteiger partial charge >= 0.3 is 0 Å². The van der Waals surface area contributed by atoms with E-state index in [1.807, 2.05) is 19.2 Å². The van der Waals surface area contributed by atoms with Crippen molar-refractivity contribution >= 4 is 29.9 Å². The van der Waals surface area contributed by atoms with Gasteiger partial charge in [0.25, 0.3) is 0 Å². The third-order valence-electron chi connectivity index (χ3n) is 5.25. The maximum atomic E-state index is 4.31. The van der Waals surface area contributed by atoms with Crippen LogP contribution in [0.25, 0.3) is 0 Å². The molecule has 1 aliphatic rings. The van der Waals surface area contributed by atoms with Crippen molar-refractivity contribution in [1.82, 2.24) is 25.0 Å². The van der Waals surface area contributed by atoms with Crippen LogP contribution in [0, 0.1) is 0 Å².